The van der Waals surface area contributed by atoms with E-state index in [2.05, 4.69) is 16.0 Å². The summed E-state index contributed by atoms with van der Waals surface area (Å²) in [5, 5.41) is 32.7. The number of rotatable bonds is 29. The van der Waals surface area contributed by atoms with Crippen molar-refractivity contribution < 1.29 is 57.4 Å². The number of unbranched alkanes of at least 4 members (excludes halogenated alkanes) is 3. The number of Topliss-reactive ketones (excluding diaryl/α,β-unsaturated/α-hetero) is 1. The molecule has 2 heterocycles. The van der Waals surface area contributed by atoms with E-state index in [0.717, 1.165) is 28.7 Å². The number of aromatic nitrogens is 2. The molecule has 2 aromatic carbocycles. The molecule has 18 nitrogen and oxygen atoms in total. The smallest absolute Gasteiger partial charge is 0.326 e. The number of aliphatic hydroxyl groups excluding tert-OH is 1. The van der Waals surface area contributed by atoms with Crippen LogP contribution in [0.1, 0.15) is 122 Å². The van der Waals surface area contributed by atoms with Crippen LogP contribution in [0.4, 0.5) is 8.78 Å². The molecule has 0 unspecified atom stereocenters. The second-order valence-corrected chi connectivity index (χ2v) is 19.7. The number of halogens is 2. The lowest BCUT2D eigenvalue weighted by molar-refractivity contribution is -0.143. The van der Waals surface area contributed by atoms with E-state index in [1.807, 2.05) is 51.1 Å². The predicted octanol–water partition coefficient (Wildman–Crippen LogP) is 4.44. The maximum absolute atomic E-state index is 15.1. The number of carbonyl (C=O) groups excluding carboxylic acids is 7. The SMILES string of the molecule is CC(C)[C@H](NC(=O)CCCCCN1C(=O)C=CC1=O)C(=O)C[C@@H](C)C(=O)N[C@@H](CCCCNC(=O)[C@@H](N)CCN(C(=O)CO)[C@@H](c1nn(-c2cc(F)ccc2F)cc1Cc1ccccc1)C(C)(C)C)C(=O)O. The lowest BCUT2D eigenvalue weighted by Crippen LogP contribution is -2.47. The highest BCUT2D eigenvalue weighted by atomic mass is 19.1. The Morgan fingerprint density at radius 3 is 2.17 bits per heavy atom. The van der Waals surface area contributed by atoms with Crippen LogP contribution in [0.25, 0.3) is 5.69 Å². The second-order valence-electron chi connectivity index (χ2n) is 19.7. The Hall–Kier alpha value is -6.67. The minimum Gasteiger partial charge on any atom is -0.480 e. The van der Waals surface area contributed by atoms with Crippen LogP contribution >= 0.6 is 0 Å². The molecule has 0 spiro atoms. The first-order chi connectivity index (χ1) is 34.0. The number of nitrogens with two attached hydrogens (primary N) is 1. The zero-order chi connectivity index (χ0) is 53.3. The van der Waals surface area contributed by atoms with E-state index >= 15 is 4.39 Å². The molecule has 392 valence electrons. The van der Waals surface area contributed by atoms with Crippen molar-refractivity contribution in [2.75, 3.05) is 26.2 Å². The fourth-order valence-corrected chi connectivity index (χ4v) is 8.47. The van der Waals surface area contributed by atoms with Crippen LogP contribution in [-0.2, 0) is 44.8 Å². The Morgan fingerprint density at radius 2 is 1.54 bits per heavy atom. The van der Waals surface area contributed by atoms with Crippen molar-refractivity contribution in [2.45, 2.75) is 130 Å². The molecule has 0 fully saturated rings. The van der Waals surface area contributed by atoms with Crippen LogP contribution in [-0.4, -0.2) is 121 Å². The van der Waals surface area contributed by atoms with Crippen molar-refractivity contribution in [1.82, 2.24) is 35.5 Å². The third-order valence-corrected chi connectivity index (χ3v) is 12.4. The van der Waals surface area contributed by atoms with Gasteiger partial charge in [0, 0.05) is 74.8 Å². The maximum atomic E-state index is 15.1. The first kappa shape index (κ1) is 57.9. The molecule has 20 heteroatoms. The largest absolute Gasteiger partial charge is 0.480 e. The molecule has 0 radical (unpaired) electrons. The van der Waals surface area contributed by atoms with Crippen molar-refractivity contribution in [3.05, 3.63) is 95.3 Å². The van der Waals surface area contributed by atoms with Crippen LogP contribution in [0.5, 0.6) is 0 Å². The molecule has 1 aromatic heterocycles. The van der Waals surface area contributed by atoms with Crippen LogP contribution in [0.3, 0.4) is 0 Å². The molecule has 0 saturated carbocycles. The van der Waals surface area contributed by atoms with Gasteiger partial charge in [-0.2, -0.15) is 5.10 Å². The molecule has 0 aliphatic carbocycles. The maximum Gasteiger partial charge on any atom is 0.326 e. The number of aliphatic hydroxyl groups is 1. The average molecular weight is 1010 g/mol. The molecule has 72 heavy (non-hydrogen) atoms. The highest BCUT2D eigenvalue weighted by Gasteiger charge is 2.39. The minimum atomic E-state index is -1.29. The van der Waals surface area contributed by atoms with Crippen molar-refractivity contribution in [3.8, 4) is 5.69 Å². The van der Waals surface area contributed by atoms with Gasteiger partial charge in [-0.25, -0.2) is 18.3 Å². The number of amides is 6. The fraction of sp³-hybridized carbons (Fsp3) is 0.519. The van der Waals surface area contributed by atoms with Crippen molar-refractivity contribution >= 4 is 47.2 Å². The van der Waals surface area contributed by atoms with Crippen molar-refractivity contribution in [3.63, 3.8) is 0 Å². The summed E-state index contributed by atoms with van der Waals surface area (Å²) >= 11 is 0. The molecule has 5 atom stereocenters. The summed E-state index contributed by atoms with van der Waals surface area (Å²) in [7, 11) is 0. The molecule has 7 N–H and O–H groups in total. The van der Waals surface area contributed by atoms with Gasteiger partial charge in [-0.3, -0.25) is 38.5 Å². The number of hydrogen-bond donors (Lipinski definition) is 6. The molecule has 3 aromatic rings. The number of imide groups is 1. The zero-order valence-corrected chi connectivity index (χ0v) is 42.0. The topological polar surface area (TPSA) is 263 Å². The third-order valence-electron chi connectivity index (χ3n) is 12.4. The van der Waals surface area contributed by atoms with Crippen LogP contribution in [0.15, 0.2) is 66.9 Å². The quantitative estimate of drug-likeness (QED) is 0.0417. The summed E-state index contributed by atoms with van der Waals surface area (Å²) in [5.41, 5.74) is 7.33. The molecule has 4 rings (SSSR count). The number of benzene rings is 2. The van der Waals surface area contributed by atoms with Crippen LogP contribution in [0, 0.1) is 28.9 Å². The highest BCUT2D eigenvalue weighted by Crippen LogP contribution is 2.40. The number of carboxylic acid groups (broad SMARTS) is 1. The zero-order valence-electron chi connectivity index (χ0n) is 42.0. The summed E-state index contributed by atoms with van der Waals surface area (Å²) < 4.78 is 30.7. The van der Waals surface area contributed by atoms with E-state index in [0.29, 0.717) is 43.4 Å². The van der Waals surface area contributed by atoms with Gasteiger partial charge in [-0.1, -0.05) is 78.3 Å². The van der Waals surface area contributed by atoms with Crippen molar-refractivity contribution in [2.24, 2.45) is 23.0 Å². The monoisotopic (exact) mass is 1000 g/mol. The number of hydrogen-bond acceptors (Lipinski definition) is 11. The molecule has 0 bridgehead atoms. The Balaban J connectivity index is 1.28. The first-order valence-electron chi connectivity index (χ1n) is 24.4. The second kappa shape index (κ2) is 27.2. The summed E-state index contributed by atoms with van der Waals surface area (Å²) in [6.07, 6.45) is 6.33. The van der Waals surface area contributed by atoms with E-state index in [9.17, 15) is 53.0 Å². The van der Waals surface area contributed by atoms with Gasteiger partial charge in [0.1, 0.15) is 30.0 Å². The first-order valence-corrected chi connectivity index (χ1v) is 24.4. The number of ketones is 1. The summed E-state index contributed by atoms with van der Waals surface area (Å²) in [4.78, 5) is 104. The molecular weight excluding hydrogens is 935 g/mol. The number of carbonyl (C=O) groups is 8. The number of aliphatic carboxylic acids is 1. The lowest BCUT2D eigenvalue weighted by Gasteiger charge is -2.40. The fourth-order valence-electron chi connectivity index (χ4n) is 8.47. The van der Waals surface area contributed by atoms with E-state index < -0.39 is 77.4 Å². The molecule has 1 aliphatic heterocycles. The lowest BCUT2D eigenvalue weighted by atomic mass is 9.81. The Kier molecular flexibility index (Phi) is 21.9. The Morgan fingerprint density at radius 1 is 0.861 bits per heavy atom. The van der Waals surface area contributed by atoms with E-state index in [1.54, 1.807) is 20.0 Å². The van der Waals surface area contributed by atoms with Gasteiger partial charge in [0.15, 0.2) is 5.78 Å². The Labute approximate surface area is 419 Å². The Bertz CT molecular complexity index is 2400. The summed E-state index contributed by atoms with van der Waals surface area (Å²) in [6, 6.07) is 8.27. The van der Waals surface area contributed by atoms with E-state index in [-0.39, 0.29) is 86.8 Å². The number of carboxylic acids is 1. The van der Waals surface area contributed by atoms with Crippen LogP contribution in [0.2, 0.25) is 0 Å². The van der Waals surface area contributed by atoms with Gasteiger partial charge in [0.25, 0.3) is 11.8 Å². The van der Waals surface area contributed by atoms with Gasteiger partial charge in [-0.05, 0) is 67.6 Å². The van der Waals surface area contributed by atoms with Gasteiger partial charge in [-0.15, -0.1) is 0 Å². The van der Waals surface area contributed by atoms with Gasteiger partial charge in [0.05, 0.1) is 23.8 Å². The van der Waals surface area contributed by atoms with E-state index in [4.69, 9.17) is 10.8 Å². The molecule has 0 saturated heterocycles. The standard InChI is InChI=1S/C52H70F2N8O10/c1-32(2)46(58-42(65)18-11-8-14-25-60-43(66)21-22-44(60)67)41(64)27-33(3)49(69)57-39(51(71)72)17-12-13-24-56-50(70)38(55)23-26-61(45(68)31-63)48(52(4,5)6)47-35(28-34-15-9-7-10-16-34)30-62(59-47)40-29-36(53)19-20-37(40)54/h7,9-10,15-16,19-22,29-30,32-33,38-39,46,48,63H,8,11-14,17-18,23-28,31,55H2,1-6H3,(H,56,70)(H,57,69)(H,58,65)(H,71,72)/t33-,38+,39+,46+,48+/m1/s1. The van der Waals surface area contributed by atoms with Gasteiger partial charge < -0.3 is 36.8 Å². The highest BCUT2D eigenvalue weighted by molar-refractivity contribution is 6.12. The molecule has 6 amide bonds. The third kappa shape index (κ3) is 17.0. The molecular formula is C52H70F2N8O10. The predicted molar refractivity (Wildman–Crippen MR) is 263 cm³/mol. The van der Waals surface area contributed by atoms with Gasteiger partial charge in [0.2, 0.25) is 23.6 Å². The number of nitrogens with one attached hydrogen (secondary N) is 3. The van der Waals surface area contributed by atoms with Gasteiger partial charge >= 0.3 is 5.97 Å². The normalized spacial score (nSPS) is 14.7. The number of nitrogens with zero attached hydrogens (tertiary/aromatic N) is 4. The van der Waals surface area contributed by atoms with Crippen LogP contribution < -0.4 is 21.7 Å². The minimum absolute atomic E-state index is 0.0101. The average Bonchev–Trinajstić information content (AvgIpc) is 3.88. The van der Waals surface area contributed by atoms with E-state index in [1.165, 1.54) is 28.7 Å². The molecule has 1 aliphatic rings. The summed E-state index contributed by atoms with van der Waals surface area (Å²) in [6.45, 7) is 10.00. The summed E-state index contributed by atoms with van der Waals surface area (Å²) in [5.74, 6) is -7.24. The van der Waals surface area contributed by atoms with Crippen molar-refractivity contribution in [1.29, 1.82) is 0 Å².